The maximum absolute atomic E-state index is 10.8. The molecule has 1 atom stereocenters. The van der Waals surface area contributed by atoms with Crippen molar-refractivity contribution in [3.63, 3.8) is 0 Å². The third-order valence-corrected chi connectivity index (χ3v) is 4.48. The van der Waals surface area contributed by atoms with Crippen molar-refractivity contribution in [3.8, 4) is 0 Å². The molecule has 2 aliphatic rings. The fourth-order valence-electron chi connectivity index (χ4n) is 0.783. The van der Waals surface area contributed by atoms with Crippen LogP contribution in [-0.4, -0.2) is 21.6 Å². The van der Waals surface area contributed by atoms with Crippen LogP contribution in [-0.2, 0) is 4.84 Å². The summed E-state index contributed by atoms with van der Waals surface area (Å²) in [5.74, 6) is 0. The molecular weight excluding hydrogens is 235 g/mol. The van der Waals surface area contributed by atoms with Crippen LogP contribution in [0.15, 0.2) is 3.21 Å². The van der Waals surface area contributed by atoms with Crippen LogP contribution in [0.3, 0.4) is 0 Å². The molecule has 0 bridgehead atoms. The van der Waals surface area contributed by atoms with Gasteiger partial charge >= 0.3 is 62.7 Å². The molecule has 0 N–H and O–H groups in total. The van der Waals surface area contributed by atoms with E-state index in [2.05, 4.69) is 8.04 Å². The Labute approximate surface area is 63.0 Å². The molecular formula is C4H5IN2O2-2. The van der Waals surface area contributed by atoms with Gasteiger partial charge in [-0.3, -0.25) is 0 Å². The molecule has 5 heteroatoms. The summed E-state index contributed by atoms with van der Waals surface area (Å²) in [4.78, 5) is 4.52. The van der Waals surface area contributed by atoms with Gasteiger partial charge in [-0.15, -0.1) is 0 Å². The fraction of sp³-hybridized carbons (Fsp3) is 0.750. The molecule has 9 heavy (non-hydrogen) atoms. The van der Waals surface area contributed by atoms with Crippen molar-refractivity contribution in [2.75, 3.05) is 7.11 Å². The minimum atomic E-state index is -0.255. The fourth-order valence-corrected chi connectivity index (χ4v) is 3.00. The summed E-state index contributed by atoms with van der Waals surface area (Å²) in [6.07, 6.45) is 0.859. The summed E-state index contributed by atoms with van der Waals surface area (Å²) < 4.78 is 3.90. The molecule has 0 aromatic heterocycles. The third kappa shape index (κ3) is 0.603. The molecule has 0 amide bonds. The van der Waals surface area contributed by atoms with Gasteiger partial charge in [-0.05, 0) is 0 Å². The molecule has 0 spiro atoms. The Morgan fingerprint density at radius 1 is 2.00 bits per heavy atom. The molecule has 0 aromatic rings. The van der Waals surface area contributed by atoms with E-state index in [9.17, 15) is 5.21 Å². The average molecular weight is 240 g/mol. The normalized spacial score (nSPS) is 38.3. The third-order valence-electron chi connectivity index (χ3n) is 1.46. The van der Waals surface area contributed by atoms with Gasteiger partial charge in [-0.25, -0.2) is 0 Å². The second-order valence-electron chi connectivity index (χ2n) is 1.99. The van der Waals surface area contributed by atoms with Crippen molar-refractivity contribution >= 4 is 5.71 Å². The zero-order valence-electron chi connectivity index (χ0n) is 4.80. The molecule has 0 aromatic carbocycles. The Hall–Kier alpha value is 0.280. The van der Waals surface area contributed by atoms with Crippen molar-refractivity contribution in [1.82, 2.24) is 5.23 Å². The van der Waals surface area contributed by atoms with E-state index in [0.717, 1.165) is 12.1 Å². The number of rotatable bonds is 2. The van der Waals surface area contributed by atoms with Gasteiger partial charge in [0.2, 0.25) is 0 Å². The van der Waals surface area contributed by atoms with E-state index >= 15 is 0 Å². The summed E-state index contributed by atoms with van der Waals surface area (Å²) in [6.45, 7) is 0. The first-order chi connectivity index (χ1) is 4.29. The molecule has 4 nitrogen and oxygen atoms in total. The van der Waals surface area contributed by atoms with E-state index in [1.807, 2.05) is 0 Å². The summed E-state index contributed by atoms with van der Waals surface area (Å²) in [7, 11) is 1.40. The number of fused-ring (bicyclic) bond motifs is 1. The second kappa shape index (κ2) is 1.66. The molecule has 1 aliphatic carbocycles. The summed E-state index contributed by atoms with van der Waals surface area (Å²) in [5, 5.41) is 11.5. The topological polar surface area (TPSA) is 47.9 Å². The molecule has 0 radical (unpaired) electrons. The van der Waals surface area contributed by atoms with Crippen molar-refractivity contribution < 1.29 is 26.3 Å². The Morgan fingerprint density at radius 3 is 2.89 bits per heavy atom. The Bertz CT molecular complexity index is 179. The number of hydrogen-bond acceptors (Lipinski definition) is 4. The van der Waals surface area contributed by atoms with Crippen LogP contribution in [0, 0.1) is 5.21 Å². The molecule has 1 saturated carbocycles. The number of hydrogen-bond donors (Lipinski definition) is 0. The van der Waals surface area contributed by atoms with E-state index in [0.29, 0.717) is 5.23 Å². The van der Waals surface area contributed by atoms with E-state index < -0.39 is 0 Å². The average Bonchev–Trinajstić information content (AvgIpc) is 2.35. The van der Waals surface area contributed by atoms with Crippen LogP contribution in [0.1, 0.15) is 6.42 Å². The summed E-state index contributed by atoms with van der Waals surface area (Å²) in [5.41, 5.74) is 1.05. The van der Waals surface area contributed by atoms with Crippen molar-refractivity contribution in [1.29, 1.82) is 0 Å². The summed E-state index contributed by atoms with van der Waals surface area (Å²) >= 11 is -0.255. The van der Waals surface area contributed by atoms with Crippen LogP contribution in [0.4, 0.5) is 0 Å². The minimum absolute atomic E-state index is 0.187. The van der Waals surface area contributed by atoms with Crippen LogP contribution in [0.5, 0.6) is 0 Å². The molecule has 1 fully saturated rings. The zero-order chi connectivity index (χ0) is 6.48. The first-order valence-electron chi connectivity index (χ1n) is 2.54. The van der Waals surface area contributed by atoms with Crippen molar-refractivity contribution in [2.24, 2.45) is 3.21 Å². The van der Waals surface area contributed by atoms with Crippen LogP contribution >= 0.6 is 0 Å². The van der Waals surface area contributed by atoms with E-state index in [-0.39, 0.29) is 25.0 Å². The van der Waals surface area contributed by atoms with Crippen LogP contribution < -0.4 is 21.5 Å². The van der Waals surface area contributed by atoms with Gasteiger partial charge in [-0.2, -0.15) is 0 Å². The van der Waals surface area contributed by atoms with Gasteiger partial charge in [0.05, 0.1) is 0 Å². The standard InChI is InChI=1S/C4H5IN2O2/c1-9-7(8)4-2-3(4)6-5-4/h2H2,1H3/q-2. The number of alkyl halides is 1. The second-order valence-corrected chi connectivity index (χ2v) is 4.74. The van der Waals surface area contributed by atoms with E-state index in [1.54, 1.807) is 0 Å². The molecule has 1 heterocycles. The van der Waals surface area contributed by atoms with Gasteiger partial charge in [-0.1, -0.05) is 0 Å². The van der Waals surface area contributed by atoms with Gasteiger partial charge in [0, 0.05) is 0 Å². The van der Waals surface area contributed by atoms with Gasteiger partial charge in [0.1, 0.15) is 0 Å². The zero-order valence-corrected chi connectivity index (χ0v) is 6.95. The predicted molar refractivity (Wildman–Crippen MR) is 27.0 cm³/mol. The molecule has 1 unspecified atom stereocenters. The van der Waals surface area contributed by atoms with E-state index in [1.165, 1.54) is 7.11 Å². The molecule has 0 saturated heterocycles. The number of nitrogens with zero attached hydrogens (tertiary/aromatic N) is 2. The van der Waals surface area contributed by atoms with Crippen molar-refractivity contribution in [2.45, 2.75) is 9.97 Å². The number of halogens is 1. The maximum atomic E-state index is 10.8. The number of hydroxylamine groups is 2. The summed E-state index contributed by atoms with van der Waals surface area (Å²) in [6, 6.07) is 0. The monoisotopic (exact) mass is 240 g/mol. The van der Waals surface area contributed by atoms with Crippen molar-refractivity contribution in [3.05, 3.63) is 5.21 Å². The molecule has 52 valence electrons. The van der Waals surface area contributed by atoms with Crippen LogP contribution in [0.25, 0.3) is 0 Å². The van der Waals surface area contributed by atoms with Gasteiger partial charge in [0.25, 0.3) is 0 Å². The predicted octanol–water partition coefficient (Wildman–Crippen LogP) is -3.09. The van der Waals surface area contributed by atoms with Gasteiger partial charge < -0.3 is 0 Å². The van der Waals surface area contributed by atoms with Gasteiger partial charge in [0.15, 0.2) is 0 Å². The quantitative estimate of drug-likeness (QED) is 0.222. The first-order valence-corrected chi connectivity index (χ1v) is 4.58. The van der Waals surface area contributed by atoms with E-state index in [4.69, 9.17) is 0 Å². The molecule has 2 rings (SSSR count). The Kier molecular flexibility index (Phi) is 1.11. The Balaban J connectivity index is 2.09. The SMILES string of the molecule is CON([O-])C12CC1=N[I-]2. The first kappa shape index (κ1) is 6.02. The molecule has 1 aliphatic heterocycles. The van der Waals surface area contributed by atoms with Crippen LogP contribution in [0.2, 0.25) is 0 Å². The Morgan fingerprint density at radius 2 is 2.78 bits per heavy atom.